The van der Waals surface area contributed by atoms with E-state index in [1.54, 1.807) is 37.6 Å². The van der Waals surface area contributed by atoms with Gasteiger partial charge in [-0.15, -0.1) is 0 Å². The van der Waals surface area contributed by atoms with Gasteiger partial charge in [0.15, 0.2) is 0 Å². The van der Waals surface area contributed by atoms with E-state index in [1.165, 1.54) is 7.11 Å². The van der Waals surface area contributed by atoms with E-state index < -0.39 is 17.9 Å². The van der Waals surface area contributed by atoms with Crippen LogP contribution in [-0.2, 0) is 9.53 Å². The topological polar surface area (TPSA) is 125 Å². The second-order valence-corrected chi connectivity index (χ2v) is 8.68. The van der Waals surface area contributed by atoms with Crippen molar-refractivity contribution in [3.63, 3.8) is 0 Å². The van der Waals surface area contributed by atoms with E-state index in [4.69, 9.17) is 4.74 Å². The number of aromatic nitrogens is 4. The zero-order valence-electron chi connectivity index (χ0n) is 23.5. The van der Waals surface area contributed by atoms with E-state index >= 15 is 0 Å². The second-order valence-electron chi connectivity index (χ2n) is 8.68. The molecule has 3 N–H and O–H groups in total. The summed E-state index contributed by atoms with van der Waals surface area (Å²) >= 11 is 0. The molecule has 0 bridgehead atoms. The first kappa shape index (κ1) is 28.8. The minimum atomic E-state index is -0.955. The monoisotopic (exact) mass is 551 g/mol. The van der Waals surface area contributed by atoms with Gasteiger partial charge >= 0.3 is 5.97 Å². The van der Waals surface area contributed by atoms with Crippen molar-refractivity contribution in [2.45, 2.75) is 19.9 Å². The zero-order valence-corrected chi connectivity index (χ0v) is 23.5. The Balaban J connectivity index is 0.00000189. The molecule has 3 heterocycles. The lowest BCUT2D eigenvalue weighted by molar-refractivity contribution is -0.142. The van der Waals surface area contributed by atoms with Gasteiger partial charge in [0.1, 0.15) is 11.9 Å². The molecule has 0 fully saturated rings. The van der Waals surface area contributed by atoms with Crippen LogP contribution in [0, 0.1) is 0 Å². The molecule has 10 heteroatoms. The van der Waals surface area contributed by atoms with Crippen LogP contribution in [0.4, 0.5) is 17.5 Å². The number of hydrogen-bond acceptors (Lipinski definition) is 8. The number of fused-ring (bicyclic) bond motifs is 1. The molecule has 3 aromatic heterocycles. The van der Waals surface area contributed by atoms with E-state index in [0.29, 0.717) is 17.3 Å². The normalized spacial score (nSPS) is 11.1. The number of hydrogen-bond donors (Lipinski definition) is 3. The molecule has 1 atom stereocenters. The van der Waals surface area contributed by atoms with Crippen molar-refractivity contribution in [2.75, 3.05) is 30.9 Å². The molecule has 0 radical (unpaired) electrons. The first-order valence-electron chi connectivity index (χ1n) is 13.3. The Hall–Kier alpha value is -5.25. The third-order valence-corrected chi connectivity index (χ3v) is 6.19. The Kier molecular flexibility index (Phi) is 9.61. The Morgan fingerprint density at radius 3 is 2.44 bits per heavy atom. The maximum Gasteiger partial charge on any atom is 0.330 e. The van der Waals surface area contributed by atoms with Crippen molar-refractivity contribution in [1.82, 2.24) is 25.3 Å². The fraction of sp³-hybridized carbons (Fsp3) is 0.194. The van der Waals surface area contributed by atoms with E-state index in [2.05, 4.69) is 30.6 Å². The number of nitrogens with zero attached hydrogens (tertiary/aromatic N) is 4. The van der Waals surface area contributed by atoms with E-state index in [1.807, 2.05) is 79.4 Å². The van der Waals surface area contributed by atoms with Gasteiger partial charge in [-0.2, -0.15) is 0 Å². The van der Waals surface area contributed by atoms with Gasteiger partial charge in [-0.3, -0.25) is 4.79 Å². The summed E-state index contributed by atoms with van der Waals surface area (Å²) in [6.07, 6.45) is 3.35. The quantitative estimate of drug-likeness (QED) is 0.214. The molecule has 0 saturated heterocycles. The number of benzene rings is 2. The molecular weight excluding hydrogens is 518 g/mol. The van der Waals surface area contributed by atoms with Gasteiger partial charge in [0.05, 0.1) is 25.0 Å². The Labute approximate surface area is 238 Å². The van der Waals surface area contributed by atoms with Crippen LogP contribution >= 0.6 is 0 Å². The number of methoxy groups -OCH3 is 1. The lowest BCUT2D eigenvalue weighted by Crippen LogP contribution is -2.48. The molecule has 0 saturated carbocycles. The lowest BCUT2D eigenvalue weighted by Gasteiger charge is -2.28. The van der Waals surface area contributed by atoms with Crippen molar-refractivity contribution < 1.29 is 14.3 Å². The highest BCUT2D eigenvalue weighted by molar-refractivity contribution is 6.00. The van der Waals surface area contributed by atoms with Gasteiger partial charge in [0.25, 0.3) is 5.91 Å². The van der Waals surface area contributed by atoms with E-state index in [9.17, 15) is 9.59 Å². The van der Waals surface area contributed by atoms with Crippen LogP contribution in [0.1, 0.15) is 24.2 Å². The highest BCUT2D eigenvalue weighted by Crippen LogP contribution is 2.25. The third-order valence-electron chi connectivity index (χ3n) is 6.19. The molecule has 41 heavy (non-hydrogen) atoms. The molecule has 0 spiro atoms. The molecule has 1 amide bonds. The number of ether oxygens (including phenoxy) is 1. The van der Waals surface area contributed by atoms with Crippen LogP contribution in [0.3, 0.4) is 0 Å². The number of nitrogens with one attached hydrogen (secondary N) is 3. The predicted octanol–water partition coefficient (Wildman–Crippen LogP) is 5.20. The van der Waals surface area contributed by atoms with Gasteiger partial charge < -0.3 is 25.3 Å². The summed E-state index contributed by atoms with van der Waals surface area (Å²) in [7, 11) is 3.06. The maximum absolute atomic E-state index is 13.3. The number of pyridine rings is 1. The second kappa shape index (κ2) is 13.7. The average molecular weight is 552 g/mol. The summed E-state index contributed by atoms with van der Waals surface area (Å²) in [4.78, 5) is 44.4. The maximum atomic E-state index is 13.3. The van der Waals surface area contributed by atoms with Crippen LogP contribution in [-0.4, -0.2) is 58.6 Å². The van der Waals surface area contributed by atoms with Crippen LogP contribution in [0.25, 0.3) is 22.3 Å². The van der Waals surface area contributed by atoms with Gasteiger partial charge in [-0.25, -0.2) is 19.7 Å². The van der Waals surface area contributed by atoms with Gasteiger partial charge in [0.2, 0.25) is 5.95 Å². The molecule has 0 aliphatic heterocycles. The third kappa shape index (κ3) is 6.85. The fourth-order valence-corrected chi connectivity index (χ4v) is 4.24. The van der Waals surface area contributed by atoms with Crippen molar-refractivity contribution in [1.29, 1.82) is 0 Å². The molecule has 5 rings (SSSR count). The van der Waals surface area contributed by atoms with Crippen molar-refractivity contribution in [3.05, 3.63) is 96.8 Å². The molecule has 210 valence electrons. The molecular formula is C31H33N7O3. The molecule has 0 unspecified atom stereocenters. The number of carbonyl (C=O) groups is 2. The Morgan fingerprint density at radius 1 is 0.951 bits per heavy atom. The standard InChI is InChI=1S/C29H27N7O3.C2H6/c1-30-29-32-15-13-23(35-29)24-17-20-16-19(11-12-22(20)33-24)27(37)34-25(28(38)39-2)18-36(21-8-4-3-5-9-21)26-10-6-7-14-31-26;1-2/h3-17,25,33H,18H2,1-2H3,(H,34,37)(H,30,32,35);1-2H3/t25-;/m0./s1. The number of H-pyrrole nitrogens is 1. The number of carbonyl (C=O) groups excluding carboxylic acids is 2. The van der Waals surface area contributed by atoms with Gasteiger partial charge in [0, 0.05) is 41.6 Å². The van der Waals surface area contributed by atoms with Crippen molar-refractivity contribution in [3.8, 4) is 11.4 Å². The van der Waals surface area contributed by atoms with Gasteiger partial charge in [-0.1, -0.05) is 38.1 Å². The smallest absolute Gasteiger partial charge is 0.330 e. The molecule has 0 aliphatic carbocycles. The Morgan fingerprint density at radius 2 is 1.73 bits per heavy atom. The van der Waals surface area contributed by atoms with Crippen LogP contribution in [0.5, 0.6) is 0 Å². The average Bonchev–Trinajstić information content (AvgIpc) is 3.48. The Bertz CT molecular complexity index is 1550. The number of para-hydroxylation sites is 1. The van der Waals surface area contributed by atoms with Crippen LogP contribution in [0.15, 0.2) is 91.3 Å². The summed E-state index contributed by atoms with van der Waals surface area (Å²) in [5.74, 6) is 0.188. The molecule has 0 aliphatic rings. The fourth-order valence-electron chi connectivity index (χ4n) is 4.24. The predicted molar refractivity (Wildman–Crippen MR) is 161 cm³/mol. The SMILES string of the molecule is CC.CNc1nccc(-c2cc3cc(C(=O)N[C@@H](CN(c4ccccc4)c4ccccn4)C(=O)OC)ccc3[nH]2)n1. The van der Waals surface area contributed by atoms with Crippen LogP contribution < -0.4 is 15.5 Å². The number of esters is 1. The largest absolute Gasteiger partial charge is 0.467 e. The summed E-state index contributed by atoms with van der Waals surface area (Å²) in [5.41, 5.74) is 3.60. The molecule has 5 aromatic rings. The zero-order chi connectivity index (χ0) is 29.2. The summed E-state index contributed by atoms with van der Waals surface area (Å²) < 4.78 is 5.04. The van der Waals surface area contributed by atoms with Crippen LogP contribution in [0.2, 0.25) is 0 Å². The molecule has 10 nitrogen and oxygen atoms in total. The van der Waals surface area contributed by atoms with E-state index in [-0.39, 0.29) is 6.54 Å². The summed E-state index contributed by atoms with van der Waals surface area (Å²) in [6.45, 7) is 4.12. The van der Waals surface area contributed by atoms with Crippen molar-refractivity contribution >= 4 is 40.2 Å². The highest BCUT2D eigenvalue weighted by Gasteiger charge is 2.26. The number of amides is 1. The number of rotatable bonds is 9. The van der Waals surface area contributed by atoms with E-state index in [0.717, 1.165) is 28.0 Å². The first-order chi connectivity index (χ1) is 20.1. The lowest BCUT2D eigenvalue weighted by atomic mass is 10.1. The summed E-state index contributed by atoms with van der Waals surface area (Å²) in [5, 5.41) is 6.61. The number of anilines is 3. The first-order valence-corrected chi connectivity index (χ1v) is 13.3. The van der Waals surface area contributed by atoms with Crippen molar-refractivity contribution in [2.24, 2.45) is 0 Å². The minimum Gasteiger partial charge on any atom is -0.467 e. The molecule has 2 aromatic carbocycles. The minimum absolute atomic E-state index is 0.123. The number of aromatic amines is 1. The highest BCUT2D eigenvalue weighted by atomic mass is 16.5. The van der Waals surface area contributed by atoms with Gasteiger partial charge in [-0.05, 0) is 54.6 Å². The summed E-state index contributed by atoms with van der Waals surface area (Å²) in [6, 6.07) is 23.1.